The van der Waals surface area contributed by atoms with Gasteiger partial charge in [0.25, 0.3) is 0 Å². The van der Waals surface area contributed by atoms with Crippen molar-refractivity contribution in [2.75, 3.05) is 13.2 Å². The first kappa shape index (κ1) is 12.1. The Hall–Kier alpha value is -1.36. The van der Waals surface area contributed by atoms with Crippen molar-refractivity contribution in [3.63, 3.8) is 0 Å². The molecule has 1 aliphatic heterocycles. The average molecular weight is 238 g/mol. The van der Waals surface area contributed by atoms with E-state index in [0.29, 0.717) is 11.6 Å². The molecule has 0 atom stereocenters. The third kappa shape index (κ3) is 2.49. The second kappa shape index (κ2) is 4.87. The first-order valence-electron chi connectivity index (χ1n) is 5.91. The largest absolute Gasteiger partial charge is 0.481 e. The normalized spacial score (nSPS) is 17.3. The van der Waals surface area contributed by atoms with E-state index >= 15 is 0 Å². The minimum absolute atomic E-state index is 0.00287. The lowest BCUT2D eigenvalue weighted by Gasteiger charge is -2.23. The van der Waals surface area contributed by atoms with Crippen molar-refractivity contribution in [2.24, 2.45) is 7.05 Å². The van der Waals surface area contributed by atoms with Gasteiger partial charge in [-0.05, 0) is 25.3 Å². The number of hydrogen-bond donors (Lipinski definition) is 1. The fourth-order valence-electron chi connectivity index (χ4n) is 2.55. The molecule has 1 aliphatic rings. The number of carboxylic acids is 1. The molecule has 1 N–H and O–H groups in total. The molecule has 1 aromatic heterocycles. The quantitative estimate of drug-likeness (QED) is 0.860. The van der Waals surface area contributed by atoms with Crippen LogP contribution in [0.1, 0.15) is 35.7 Å². The molecular formula is C12H18N2O3. The van der Waals surface area contributed by atoms with Gasteiger partial charge in [0.15, 0.2) is 0 Å². The van der Waals surface area contributed by atoms with E-state index in [1.165, 1.54) is 5.69 Å². The molecule has 5 nitrogen and oxygen atoms in total. The molecule has 0 bridgehead atoms. The van der Waals surface area contributed by atoms with E-state index in [0.717, 1.165) is 31.6 Å². The number of hydrogen-bond acceptors (Lipinski definition) is 3. The number of carboxylic acid groups (broad SMARTS) is 1. The third-order valence-corrected chi connectivity index (χ3v) is 3.36. The Balaban J connectivity index is 2.26. The van der Waals surface area contributed by atoms with E-state index in [1.807, 2.05) is 18.7 Å². The molecule has 0 saturated carbocycles. The van der Waals surface area contributed by atoms with E-state index in [2.05, 4.69) is 5.10 Å². The number of nitrogens with zero attached hydrogens (tertiary/aromatic N) is 2. The Morgan fingerprint density at radius 1 is 1.53 bits per heavy atom. The highest BCUT2D eigenvalue weighted by Crippen LogP contribution is 2.30. The van der Waals surface area contributed by atoms with Crippen LogP contribution in [0.25, 0.3) is 0 Å². The fraction of sp³-hybridized carbons (Fsp3) is 0.667. The standard InChI is InChI=1S/C12H18N2O3/c1-8-10(7-11(15)16)13-14(2)12(8)9-3-5-17-6-4-9/h9H,3-7H2,1-2H3,(H,15,16). The van der Waals surface area contributed by atoms with Gasteiger partial charge < -0.3 is 9.84 Å². The van der Waals surface area contributed by atoms with Crippen molar-refractivity contribution < 1.29 is 14.6 Å². The number of aliphatic carboxylic acids is 1. The highest BCUT2D eigenvalue weighted by atomic mass is 16.5. The maximum absolute atomic E-state index is 10.7. The summed E-state index contributed by atoms with van der Waals surface area (Å²) >= 11 is 0. The van der Waals surface area contributed by atoms with E-state index in [9.17, 15) is 4.79 Å². The molecule has 5 heteroatoms. The molecule has 0 unspecified atom stereocenters. The fourth-order valence-corrected chi connectivity index (χ4v) is 2.55. The van der Waals surface area contributed by atoms with E-state index in [1.54, 1.807) is 0 Å². The van der Waals surface area contributed by atoms with Gasteiger partial charge in [0, 0.05) is 31.9 Å². The first-order chi connectivity index (χ1) is 8.09. The topological polar surface area (TPSA) is 64.3 Å². The molecule has 1 aromatic rings. The lowest BCUT2D eigenvalue weighted by molar-refractivity contribution is -0.136. The minimum atomic E-state index is -0.829. The van der Waals surface area contributed by atoms with Crippen molar-refractivity contribution in [3.8, 4) is 0 Å². The summed E-state index contributed by atoms with van der Waals surface area (Å²) in [5, 5.41) is 13.2. The molecule has 17 heavy (non-hydrogen) atoms. The van der Waals surface area contributed by atoms with Crippen molar-refractivity contribution in [2.45, 2.75) is 32.1 Å². The van der Waals surface area contributed by atoms with Crippen molar-refractivity contribution >= 4 is 5.97 Å². The number of aromatic nitrogens is 2. The van der Waals surface area contributed by atoms with Crippen molar-refractivity contribution in [1.29, 1.82) is 0 Å². The van der Waals surface area contributed by atoms with E-state index < -0.39 is 5.97 Å². The maximum Gasteiger partial charge on any atom is 0.309 e. The molecule has 2 rings (SSSR count). The van der Waals surface area contributed by atoms with E-state index in [-0.39, 0.29) is 6.42 Å². The summed E-state index contributed by atoms with van der Waals surface area (Å²) in [5.74, 6) is -0.381. The Labute approximate surface area is 100 Å². The summed E-state index contributed by atoms with van der Waals surface area (Å²) < 4.78 is 7.19. The lowest BCUT2D eigenvalue weighted by atomic mass is 9.93. The van der Waals surface area contributed by atoms with Gasteiger partial charge in [-0.25, -0.2) is 0 Å². The van der Waals surface area contributed by atoms with Crippen LogP contribution in [0.4, 0.5) is 0 Å². The van der Waals surface area contributed by atoms with Crippen LogP contribution in [0.3, 0.4) is 0 Å². The van der Waals surface area contributed by atoms with Gasteiger partial charge in [-0.3, -0.25) is 9.48 Å². The molecule has 94 valence electrons. The smallest absolute Gasteiger partial charge is 0.309 e. The summed E-state index contributed by atoms with van der Waals surface area (Å²) in [5.41, 5.74) is 2.88. The van der Waals surface area contributed by atoms with Gasteiger partial charge >= 0.3 is 5.97 Å². The summed E-state index contributed by atoms with van der Waals surface area (Å²) in [6.07, 6.45) is 1.99. The number of carbonyl (C=O) groups is 1. The predicted molar refractivity (Wildman–Crippen MR) is 62.1 cm³/mol. The minimum Gasteiger partial charge on any atom is -0.481 e. The highest BCUT2D eigenvalue weighted by molar-refractivity contribution is 5.70. The average Bonchev–Trinajstić information content (AvgIpc) is 2.54. The Kier molecular flexibility index (Phi) is 3.47. The molecule has 1 fully saturated rings. The highest BCUT2D eigenvalue weighted by Gasteiger charge is 2.24. The zero-order valence-corrected chi connectivity index (χ0v) is 10.3. The van der Waals surface area contributed by atoms with Crippen LogP contribution in [0, 0.1) is 6.92 Å². The number of rotatable bonds is 3. The van der Waals surface area contributed by atoms with Crippen molar-refractivity contribution in [3.05, 3.63) is 17.0 Å². The predicted octanol–water partition coefficient (Wildman–Crippen LogP) is 1.25. The number of aryl methyl sites for hydroxylation is 1. The lowest BCUT2D eigenvalue weighted by Crippen LogP contribution is -2.17. The SMILES string of the molecule is Cc1c(CC(=O)O)nn(C)c1C1CCOCC1. The molecular weight excluding hydrogens is 220 g/mol. The van der Waals surface area contributed by atoms with Crippen LogP contribution in [0.15, 0.2) is 0 Å². The third-order valence-electron chi connectivity index (χ3n) is 3.36. The zero-order valence-electron chi connectivity index (χ0n) is 10.3. The second-order valence-electron chi connectivity index (χ2n) is 4.54. The monoisotopic (exact) mass is 238 g/mol. The molecule has 0 amide bonds. The molecule has 0 radical (unpaired) electrons. The van der Waals surface area contributed by atoms with Crippen LogP contribution in [0.2, 0.25) is 0 Å². The van der Waals surface area contributed by atoms with Gasteiger partial charge in [-0.1, -0.05) is 0 Å². The van der Waals surface area contributed by atoms with Gasteiger partial charge in [-0.2, -0.15) is 5.10 Å². The van der Waals surface area contributed by atoms with Crippen molar-refractivity contribution in [1.82, 2.24) is 9.78 Å². The van der Waals surface area contributed by atoms with Gasteiger partial charge in [-0.15, -0.1) is 0 Å². The number of ether oxygens (including phenoxy) is 1. The van der Waals surface area contributed by atoms with Crippen LogP contribution >= 0.6 is 0 Å². The van der Waals surface area contributed by atoms with Gasteiger partial charge in [0.05, 0.1) is 12.1 Å². The maximum atomic E-state index is 10.7. The molecule has 0 aliphatic carbocycles. The first-order valence-corrected chi connectivity index (χ1v) is 5.91. The zero-order chi connectivity index (χ0) is 12.4. The molecule has 0 aromatic carbocycles. The Morgan fingerprint density at radius 2 is 2.18 bits per heavy atom. The van der Waals surface area contributed by atoms with Crippen LogP contribution in [-0.4, -0.2) is 34.1 Å². The van der Waals surface area contributed by atoms with Gasteiger partial charge in [0.2, 0.25) is 0 Å². The summed E-state index contributed by atoms with van der Waals surface area (Å²) in [7, 11) is 1.89. The Bertz CT molecular complexity index is 420. The Morgan fingerprint density at radius 3 is 2.76 bits per heavy atom. The summed E-state index contributed by atoms with van der Waals surface area (Å²) in [6, 6.07) is 0. The van der Waals surface area contributed by atoms with E-state index in [4.69, 9.17) is 9.84 Å². The molecule has 0 spiro atoms. The van der Waals surface area contributed by atoms with Gasteiger partial charge in [0.1, 0.15) is 0 Å². The van der Waals surface area contributed by atoms with Crippen LogP contribution in [-0.2, 0) is 23.0 Å². The summed E-state index contributed by atoms with van der Waals surface area (Å²) in [4.78, 5) is 10.7. The second-order valence-corrected chi connectivity index (χ2v) is 4.54. The molecule has 2 heterocycles. The van der Waals surface area contributed by atoms with Crippen LogP contribution in [0.5, 0.6) is 0 Å². The van der Waals surface area contributed by atoms with Crippen LogP contribution < -0.4 is 0 Å². The molecule has 1 saturated heterocycles. The summed E-state index contributed by atoms with van der Waals surface area (Å²) in [6.45, 7) is 3.53.